The van der Waals surface area contributed by atoms with Crippen molar-refractivity contribution < 1.29 is 9.13 Å². The van der Waals surface area contributed by atoms with E-state index in [1.165, 1.54) is 5.56 Å². The van der Waals surface area contributed by atoms with Gasteiger partial charge in [-0.25, -0.2) is 4.39 Å². The van der Waals surface area contributed by atoms with Gasteiger partial charge in [-0.3, -0.25) is 0 Å². The summed E-state index contributed by atoms with van der Waals surface area (Å²) in [6.07, 6.45) is 2.07. The van der Waals surface area contributed by atoms with Crippen LogP contribution in [-0.4, -0.2) is 26.8 Å². The topological polar surface area (TPSA) is 21.3 Å². The van der Waals surface area contributed by atoms with Crippen LogP contribution in [0.15, 0.2) is 12.1 Å². The highest BCUT2D eigenvalue weighted by Crippen LogP contribution is 2.23. The van der Waals surface area contributed by atoms with Gasteiger partial charge >= 0.3 is 0 Å². The molecule has 0 saturated heterocycles. The number of rotatable bonds is 8. The molecule has 1 aromatic carbocycles. The summed E-state index contributed by atoms with van der Waals surface area (Å²) < 4.78 is 18.6. The van der Waals surface area contributed by atoms with Crippen LogP contribution in [0.5, 0.6) is 0 Å². The number of nitrogens with one attached hydrogen (secondary N) is 1. The minimum Gasteiger partial charge on any atom is -0.383 e. The van der Waals surface area contributed by atoms with E-state index in [9.17, 15) is 4.39 Å². The predicted molar refractivity (Wildman–Crippen MR) is 82.7 cm³/mol. The normalized spacial score (nSPS) is 11.9. The molecule has 0 atom stereocenters. The number of benzene rings is 1. The summed E-state index contributed by atoms with van der Waals surface area (Å²) in [6, 6.07) is 3.94. The third-order valence-electron chi connectivity index (χ3n) is 3.67. The summed E-state index contributed by atoms with van der Waals surface area (Å²) in [5.74, 6) is -0.0748. The molecule has 0 bridgehead atoms. The standard InChI is InChI=1S/C17H28FNO/c1-13-10-15(11-14(2)16(13)18)6-7-17(3,4)12-19-8-9-20-5/h10-11,19H,6-9,12H2,1-5H3. The second-order valence-corrected chi connectivity index (χ2v) is 6.38. The van der Waals surface area contributed by atoms with Gasteiger partial charge in [0.25, 0.3) is 0 Å². The minimum absolute atomic E-state index is 0.0748. The first kappa shape index (κ1) is 17.1. The summed E-state index contributed by atoms with van der Waals surface area (Å²) in [6.45, 7) is 10.8. The molecule has 2 nitrogen and oxygen atoms in total. The number of methoxy groups -OCH3 is 1. The molecule has 0 radical (unpaired) electrons. The predicted octanol–water partition coefficient (Wildman–Crippen LogP) is 3.64. The van der Waals surface area contributed by atoms with E-state index in [4.69, 9.17) is 4.74 Å². The summed E-state index contributed by atoms with van der Waals surface area (Å²) >= 11 is 0. The fraction of sp³-hybridized carbons (Fsp3) is 0.647. The monoisotopic (exact) mass is 281 g/mol. The van der Waals surface area contributed by atoms with E-state index in [-0.39, 0.29) is 11.2 Å². The van der Waals surface area contributed by atoms with Gasteiger partial charge in [-0.2, -0.15) is 0 Å². The van der Waals surface area contributed by atoms with Crippen LogP contribution in [0.3, 0.4) is 0 Å². The van der Waals surface area contributed by atoms with E-state index in [0.717, 1.165) is 43.7 Å². The van der Waals surface area contributed by atoms with Crippen molar-refractivity contribution in [1.82, 2.24) is 5.32 Å². The van der Waals surface area contributed by atoms with Crippen molar-refractivity contribution in [3.05, 3.63) is 34.6 Å². The molecule has 0 fully saturated rings. The molecule has 0 saturated carbocycles. The third kappa shape index (κ3) is 5.59. The fourth-order valence-electron chi connectivity index (χ4n) is 2.35. The average Bonchev–Trinajstić information content (AvgIpc) is 2.39. The van der Waals surface area contributed by atoms with E-state index in [0.29, 0.717) is 0 Å². The zero-order valence-corrected chi connectivity index (χ0v) is 13.5. The van der Waals surface area contributed by atoms with Crippen molar-refractivity contribution in [2.45, 2.75) is 40.5 Å². The molecule has 114 valence electrons. The first-order valence-electron chi connectivity index (χ1n) is 7.31. The fourth-order valence-corrected chi connectivity index (χ4v) is 2.35. The van der Waals surface area contributed by atoms with Crippen LogP contribution < -0.4 is 5.32 Å². The third-order valence-corrected chi connectivity index (χ3v) is 3.67. The summed E-state index contributed by atoms with van der Waals surface area (Å²) in [4.78, 5) is 0. The zero-order valence-electron chi connectivity index (χ0n) is 13.5. The van der Waals surface area contributed by atoms with Gasteiger partial charge in [0.15, 0.2) is 0 Å². The SMILES string of the molecule is COCCNCC(C)(C)CCc1cc(C)c(F)c(C)c1. The van der Waals surface area contributed by atoms with Gasteiger partial charge < -0.3 is 10.1 Å². The number of halogens is 1. The van der Waals surface area contributed by atoms with Gasteiger partial charge in [-0.1, -0.05) is 26.0 Å². The van der Waals surface area contributed by atoms with E-state index in [1.54, 1.807) is 7.11 Å². The number of hydrogen-bond acceptors (Lipinski definition) is 2. The van der Waals surface area contributed by atoms with Crippen molar-refractivity contribution in [3.8, 4) is 0 Å². The highest BCUT2D eigenvalue weighted by atomic mass is 19.1. The van der Waals surface area contributed by atoms with Crippen LogP contribution in [-0.2, 0) is 11.2 Å². The number of hydrogen-bond donors (Lipinski definition) is 1. The minimum atomic E-state index is -0.0748. The van der Waals surface area contributed by atoms with Gasteiger partial charge in [-0.05, 0) is 48.8 Å². The molecule has 0 spiro atoms. The highest BCUT2D eigenvalue weighted by Gasteiger charge is 2.17. The molecular formula is C17H28FNO. The van der Waals surface area contributed by atoms with Gasteiger partial charge in [0.1, 0.15) is 5.82 Å². The van der Waals surface area contributed by atoms with E-state index in [2.05, 4.69) is 19.2 Å². The Bertz CT molecular complexity index is 406. The Hall–Kier alpha value is -0.930. The molecule has 0 aliphatic heterocycles. The van der Waals surface area contributed by atoms with E-state index in [1.807, 2.05) is 26.0 Å². The Morgan fingerprint density at radius 2 is 1.80 bits per heavy atom. The van der Waals surface area contributed by atoms with Crippen molar-refractivity contribution in [2.24, 2.45) is 5.41 Å². The van der Waals surface area contributed by atoms with Crippen LogP contribution in [0.25, 0.3) is 0 Å². The second-order valence-electron chi connectivity index (χ2n) is 6.38. The molecule has 20 heavy (non-hydrogen) atoms. The van der Waals surface area contributed by atoms with E-state index < -0.39 is 0 Å². The van der Waals surface area contributed by atoms with Crippen molar-refractivity contribution in [2.75, 3.05) is 26.8 Å². The van der Waals surface area contributed by atoms with Crippen LogP contribution in [0.1, 0.15) is 37.0 Å². The largest absolute Gasteiger partial charge is 0.383 e. The van der Waals surface area contributed by atoms with Gasteiger partial charge in [-0.15, -0.1) is 0 Å². The van der Waals surface area contributed by atoms with Gasteiger partial charge in [0, 0.05) is 20.2 Å². The molecule has 0 aliphatic carbocycles. The molecule has 1 aromatic rings. The lowest BCUT2D eigenvalue weighted by molar-refractivity contribution is 0.193. The quantitative estimate of drug-likeness (QED) is 0.735. The lowest BCUT2D eigenvalue weighted by Gasteiger charge is -2.25. The average molecular weight is 281 g/mol. The van der Waals surface area contributed by atoms with Gasteiger partial charge in [0.05, 0.1) is 6.61 Å². The molecule has 0 heterocycles. The van der Waals surface area contributed by atoms with Crippen LogP contribution >= 0.6 is 0 Å². The molecule has 3 heteroatoms. The van der Waals surface area contributed by atoms with E-state index >= 15 is 0 Å². The Labute approximate surface area is 122 Å². The molecule has 0 unspecified atom stereocenters. The zero-order chi connectivity index (χ0) is 15.2. The molecule has 0 aromatic heterocycles. The number of aryl methyl sites for hydroxylation is 3. The Kier molecular flexibility index (Phi) is 6.63. The molecule has 1 rings (SSSR count). The van der Waals surface area contributed by atoms with Crippen molar-refractivity contribution >= 4 is 0 Å². The van der Waals surface area contributed by atoms with Crippen LogP contribution in [0.4, 0.5) is 4.39 Å². The maximum Gasteiger partial charge on any atom is 0.129 e. The molecular weight excluding hydrogens is 253 g/mol. The van der Waals surface area contributed by atoms with Crippen molar-refractivity contribution in [3.63, 3.8) is 0 Å². The molecule has 0 amide bonds. The lowest BCUT2D eigenvalue weighted by Crippen LogP contribution is -2.32. The summed E-state index contributed by atoms with van der Waals surface area (Å²) in [7, 11) is 1.71. The maximum absolute atomic E-state index is 13.6. The van der Waals surface area contributed by atoms with Gasteiger partial charge in [0.2, 0.25) is 0 Å². The van der Waals surface area contributed by atoms with Crippen LogP contribution in [0, 0.1) is 25.1 Å². The second kappa shape index (κ2) is 7.75. The first-order chi connectivity index (χ1) is 9.35. The number of ether oxygens (including phenoxy) is 1. The van der Waals surface area contributed by atoms with Crippen molar-refractivity contribution in [1.29, 1.82) is 0 Å². The first-order valence-corrected chi connectivity index (χ1v) is 7.31. The maximum atomic E-state index is 13.6. The smallest absolute Gasteiger partial charge is 0.129 e. The highest BCUT2D eigenvalue weighted by molar-refractivity contribution is 5.30. The summed E-state index contributed by atoms with van der Waals surface area (Å²) in [5.41, 5.74) is 2.95. The summed E-state index contributed by atoms with van der Waals surface area (Å²) in [5, 5.41) is 3.41. The Morgan fingerprint density at radius 1 is 1.20 bits per heavy atom. The lowest BCUT2D eigenvalue weighted by atomic mass is 9.85. The Morgan fingerprint density at radius 3 is 2.35 bits per heavy atom. The Balaban J connectivity index is 2.49. The molecule has 0 aliphatic rings. The van der Waals surface area contributed by atoms with Crippen LogP contribution in [0.2, 0.25) is 0 Å². The molecule has 1 N–H and O–H groups in total.